The quantitative estimate of drug-likeness (QED) is 0.292. The minimum atomic E-state index is -3.70. The second-order valence-electron chi connectivity index (χ2n) is 10.1. The summed E-state index contributed by atoms with van der Waals surface area (Å²) < 4.78 is 31.1. The fraction of sp³-hybridized carbons (Fsp3) is 0.226. The van der Waals surface area contributed by atoms with Crippen molar-refractivity contribution >= 4 is 31.6 Å². The number of fused-ring (bicyclic) bond motifs is 2. The van der Waals surface area contributed by atoms with Gasteiger partial charge in [0.05, 0.1) is 4.90 Å². The van der Waals surface area contributed by atoms with Crippen LogP contribution in [0.15, 0.2) is 112 Å². The van der Waals surface area contributed by atoms with Crippen molar-refractivity contribution in [3.8, 4) is 0 Å². The average Bonchev–Trinajstić information content (AvgIpc) is 3.27. The molecule has 4 aromatic carbocycles. The highest BCUT2D eigenvalue weighted by Gasteiger charge is 2.52. The van der Waals surface area contributed by atoms with Gasteiger partial charge in [-0.1, -0.05) is 94.3 Å². The lowest BCUT2D eigenvalue weighted by Crippen LogP contribution is -2.46. The first kappa shape index (κ1) is 24.4. The van der Waals surface area contributed by atoms with Gasteiger partial charge in [0.1, 0.15) is 0 Å². The molecule has 0 radical (unpaired) electrons. The van der Waals surface area contributed by atoms with Crippen LogP contribution in [0.2, 0.25) is 0 Å². The van der Waals surface area contributed by atoms with Crippen LogP contribution in [-0.2, 0) is 16.4 Å². The average molecular weight is 574 g/mol. The van der Waals surface area contributed by atoms with E-state index in [1.165, 1.54) is 11.1 Å². The van der Waals surface area contributed by atoms with Gasteiger partial charge in [0, 0.05) is 40.6 Å². The number of hydrogen-bond acceptors (Lipinski definition) is 3. The zero-order valence-corrected chi connectivity index (χ0v) is 23.0. The van der Waals surface area contributed by atoms with Crippen LogP contribution < -0.4 is 5.32 Å². The molecule has 0 spiro atoms. The molecule has 1 N–H and O–H groups in total. The normalized spacial score (nSPS) is 23.2. The fourth-order valence-electron chi connectivity index (χ4n) is 6.06. The van der Waals surface area contributed by atoms with Gasteiger partial charge in [-0.3, -0.25) is 0 Å². The number of halogens is 1. The van der Waals surface area contributed by atoms with Crippen molar-refractivity contribution < 1.29 is 8.42 Å². The standard InChI is InChI=1S/C31H29BrN2O2S/c1-21-12-15-25(16-13-21)37(35,36)34-20-27-30(23-10-6-3-7-11-23)26-19-24(32)14-17-28(26)33-31(27)29(34)18-22-8-4-2-5-9-22/h2-17,19,27,29-31,33H,18,20H2,1H3. The van der Waals surface area contributed by atoms with E-state index in [1.54, 1.807) is 16.4 Å². The summed E-state index contributed by atoms with van der Waals surface area (Å²) in [6.07, 6.45) is 0.646. The maximum Gasteiger partial charge on any atom is 0.243 e. The van der Waals surface area contributed by atoms with E-state index in [9.17, 15) is 8.42 Å². The maximum absolute atomic E-state index is 14.2. The molecule has 4 atom stereocenters. The van der Waals surface area contributed by atoms with Gasteiger partial charge in [0.2, 0.25) is 10.0 Å². The highest BCUT2D eigenvalue weighted by Crippen LogP contribution is 2.49. The minimum Gasteiger partial charge on any atom is -0.380 e. The Bertz CT molecular complexity index is 1510. The van der Waals surface area contributed by atoms with Gasteiger partial charge in [-0.2, -0.15) is 4.31 Å². The molecule has 0 amide bonds. The topological polar surface area (TPSA) is 49.4 Å². The van der Waals surface area contributed by atoms with Crippen molar-refractivity contribution in [2.75, 3.05) is 11.9 Å². The Labute approximate surface area is 227 Å². The van der Waals surface area contributed by atoms with E-state index >= 15 is 0 Å². The van der Waals surface area contributed by atoms with E-state index < -0.39 is 10.0 Å². The third-order valence-corrected chi connectivity index (χ3v) is 10.2. The summed E-state index contributed by atoms with van der Waals surface area (Å²) in [7, 11) is -3.70. The third kappa shape index (κ3) is 4.52. The predicted octanol–water partition coefficient (Wildman–Crippen LogP) is 6.62. The van der Waals surface area contributed by atoms with Gasteiger partial charge >= 0.3 is 0 Å². The number of rotatable bonds is 5. The first-order valence-electron chi connectivity index (χ1n) is 12.7. The summed E-state index contributed by atoms with van der Waals surface area (Å²) in [5.74, 6) is 0.162. The van der Waals surface area contributed by atoms with Crippen LogP contribution in [-0.4, -0.2) is 31.4 Å². The maximum atomic E-state index is 14.2. The van der Waals surface area contributed by atoms with Gasteiger partial charge in [0.15, 0.2) is 0 Å². The van der Waals surface area contributed by atoms with Crippen molar-refractivity contribution in [2.45, 2.75) is 36.2 Å². The lowest BCUT2D eigenvalue weighted by Gasteiger charge is -2.39. The predicted molar refractivity (Wildman–Crippen MR) is 152 cm³/mol. The molecule has 1 fully saturated rings. The smallest absolute Gasteiger partial charge is 0.243 e. The van der Waals surface area contributed by atoms with E-state index in [2.05, 4.69) is 75.8 Å². The van der Waals surface area contributed by atoms with Crippen molar-refractivity contribution in [1.82, 2.24) is 4.31 Å². The van der Waals surface area contributed by atoms with E-state index in [1.807, 2.05) is 43.3 Å². The summed E-state index contributed by atoms with van der Waals surface area (Å²) >= 11 is 3.67. The molecule has 0 saturated carbocycles. The molecule has 0 aromatic heterocycles. The molecule has 4 unspecified atom stereocenters. The monoisotopic (exact) mass is 572 g/mol. The molecule has 6 rings (SSSR count). The summed E-state index contributed by atoms with van der Waals surface area (Å²) in [4.78, 5) is 0.353. The van der Waals surface area contributed by atoms with Gasteiger partial charge in [0.25, 0.3) is 0 Å². The second-order valence-corrected chi connectivity index (χ2v) is 12.9. The van der Waals surface area contributed by atoms with Crippen molar-refractivity contribution in [2.24, 2.45) is 5.92 Å². The Kier molecular flexibility index (Phi) is 6.43. The summed E-state index contributed by atoms with van der Waals surface area (Å²) in [5.41, 5.74) is 5.67. The lowest BCUT2D eigenvalue weighted by molar-refractivity contribution is 0.375. The van der Waals surface area contributed by atoms with Gasteiger partial charge in [-0.25, -0.2) is 8.42 Å². The van der Waals surface area contributed by atoms with Crippen LogP contribution in [0.4, 0.5) is 5.69 Å². The molecule has 2 aliphatic rings. The summed E-state index contributed by atoms with van der Waals surface area (Å²) in [6, 6.07) is 34.1. The summed E-state index contributed by atoms with van der Waals surface area (Å²) in [5, 5.41) is 3.79. The molecule has 2 aliphatic heterocycles. The number of benzene rings is 4. The Morgan fingerprint density at radius 3 is 2.27 bits per heavy atom. The zero-order chi connectivity index (χ0) is 25.6. The Hall–Kier alpha value is -2.93. The fourth-order valence-corrected chi connectivity index (χ4v) is 8.12. The molecule has 2 heterocycles. The Morgan fingerprint density at radius 2 is 1.57 bits per heavy atom. The molecule has 4 nitrogen and oxygen atoms in total. The van der Waals surface area contributed by atoms with Gasteiger partial charge in [-0.05, 0) is 60.4 Å². The van der Waals surface area contributed by atoms with Crippen LogP contribution in [0.1, 0.15) is 28.2 Å². The molecular weight excluding hydrogens is 544 g/mol. The molecule has 37 heavy (non-hydrogen) atoms. The van der Waals surface area contributed by atoms with Crippen LogP contribution in [0.5, 0.6) is 0 Å². The van der Waals surface area contributed by atoms with Gasteiger partial charge < -0.3 is 5.32 Å². The van der Waals surface area contributed by atoms with Crippen LogP contribution >= 0.6 is 15.9 Å². The van der Waals surface area contributed by atoms with Crippen molar-refractivity contribution in [3.05, 3.63) is 130 Å². The van der Waals surface area contributed by atoms with Crippen molar-refractivity contribution in [1.29, 1.82) is 0 Å². The van der Waals surface area contributed by atoms with Crippen LogP contribution in [0.25, 0.3) is 0 Å². The van der Waals surface area contributed by atoms with Crippen LogP contribution in [0, 0.1) is 12.8 Å². The molecule has 0 aliphatic carbocycles. The SMILES string of the molecule is Cc1ccc(S(=O)(=O)N2CC3C(c4ccccc4)c4cc(Br)ccc4NC3C2Cc2ccccc2)cc1. The highest BCUT2D eigenvalue weighted by molar-refractivity contribution is 9.10. The van der Waals surface area contributed by atoms with E-state index in [-0.39, 0.29) is 23.9 Å². The molecule has 1 saturated heterocycles. The highest BCUT2D eigenvalue weighted by atomic mass is 79.9. The number of hydrogen-bond donors (Lipinski definition) is 1. The second kappa shape index (κ2) is 9.75. The molecule has 188 valence electrons. The Morgan fingerprint density at radius 1 is 0.892 bits per heavy atom. The number of nitrogens with one attached hydrogen (secondary N) is 1. The largest absolute Gasteiger partial charge is 0.380 e. The minimum absolute atomic E-state index is 0.0284. The number of aryl methyl sites for hydroxylation is 1. The van der Waals surface area contributed by atoms with Gasteiger partial charge in [-0.15, -0.1) is 0 Å². The molecule has 0 bridgehead atoms. The zero-order valence-electron chi connectivity index (χ0n) is 20.6. The molecule has 6 heteroatoms. The van der Waals surface area contributed by atoms with E-state index in [0.29, 0.717) is 17.9 Å². The van der Waals surface area contributed by atoms with E-state index in [4.69, 9.17) is 0 Å². The molecular formula is C31H29BrN2O2S. The third-order valence-electron chi connectivity index (χ3n) is 7.81. The number of anilines is 1. The first-order valence-corrected chi connectivity index (χ1v) is 14.9. The first-order chi connectivity index (χ1) is 17.9. The number of sulfonamides is 1. The van der Waals surface area contributed by atoms with E-state index in [0.717, 1.165) is 21.3 Å². The van der Waals surface area contributed by atoms with Crippen LogP contribution in [0.3, 0.4) is 0 Å². The van der Waals surface area contributed by atoms with Crippen molar-refractivity contribution in [3.63, 3.8) is 0 Å². The summed E-state index contributed by atoms with van der Waals surface area (Å²) in [6.45, 7) is 2.43. The molecule has 4 aromatic rings. The number of nitrogens with zero attached hydrogens (tertiary/aromatic N) is 1. The Balaban J connectivity index is 1.49. The lowest BCUT2D eigenvalue weighted by atomic mass is 9.73.